The number of aryl methyl sites for hydroxylation is 2. The molecule has 112 valence electrons. The molecular formula is C19H25NO. The van der Waals surface area contributed by atoms with Gasteiger partial charge in [0.2, 0.25) is 0 Å². The van der Waals surface area contributed by atoms with Gasteiger partial charge in [-0.05, 0) is 55.9 Å². The number of hydrogen-bond acceptors (Lipinski definition) is 2. The second-order valence-electron chi connectivity index (χ2n) is 5.60. The fourth-order valence-electron chi connectivity index (χ4n) is 2.26. The molecule has 2 aromatic carbocycles. The summed E-state index contributed by atoms with van der Waals surface area (Å²) in [6.45, 7) is 2.80. The van der Waals surface area contributed by atoms with Crippen LogP contribution in [-0.2, 0) is 12.8 Å². The third-order valence-electron chi connectivity index (χ3n) is 3.53. The summed E-state index contributed by atoms with van der Waals surface area (Å²) in [5.74, 6) is 0.951. The van der Waals surface area contributed by atoms with E-state index in [0.29, 0.717) is 0 Å². The van der Waals surface area contributed by atoms with E-state index in [1.165, 1.54) is 11.1 Å². The fraction of sp³-hybridized carbons (Fsp3) is 0.368. The Morgan fingerprint density at radius 3 is 2.24 bits per heavy atom. The van der Waals surface area contributed by atoms with Crippen LogP contribution in [0.3, 0.4) is 0 Å². The van der Waals surface area contributed by atoms with Crippen molar-refractivity contribution in [3.63, 3.8) is 0 Å². The van der Waals surface area contributed by atoms with Gasteiger partial charge in [0.15, 0.2) is 0 Å². The molecule has 0 aliphatic heterocycles. The van der Waals surface area contributed by atoms with Crippen molar-refractivity contribution in [2.75, 3.05) is 6.61 Å². The third-order valence-corrected chi connectivity index (χ3v) is 3.53. The summed E-state index contributed by atoms with van der Waals surface area (Å²) in [5.41, 5.74) is 8.47. The maximum absolute atomic E-state index is 5.78. The number of ether oxygens (including phenoxy) is 1. The van der Waals surface area contributed by atoms with Crippen LogP contribution in [0.1, 0.15) is 30.9 Å². The van der Waals surface area contributed by atoms with E-state index in [-0.39, 0.29) is 6.04 Å². The minimum Gasteiger partial charge on any atom is -0.494 e. The lowest BCUT2D eigenvalue weighted by Gasteiger charge is -2.08. The maximum atomic E-state index is 5.78. The highest BCUT2D eigenvalue weighted by molar-refractivity contribution is 5.27. The van der Waals surface area contributed by atoms with Gasteiger partial charge in [-0.25, -0.2) is 0 Å². The molecule has 2 rings (SSSR count). The van der Waals surface area contributed by atoms with Crippen molar-refractivity contribution in [2.45, 2.75) is 38.6 Å². The highest BCUT2D eigenvalue weighted by atomic mass is 16.5. The summed E-state index contributed by atoms with van der Waals surface area (Å²) in [6.07, 6.45) is 4.16. The van der Waals surface area contributed by atoms with Gasteiger partial charge in [0.1, 0.15) is 5.75 Å². The molecule has 0 fully saturated rings. The van der Waals surface area contributed by atoms with Crippen LogP contribution in [-0.4, -0.2) is 12.6 Å². The van der Waals surface area contributed by atoms with Gasteiger partial charge in [0.25, 0.3) is 0 Å². The van der Waals surface area contributed by atoms with E-state index in [1.54, 1.807) is 0 Å². The monoisotopic (exact) mass is 283 g/mol. The Hall–Kier alpha value is -1.80. The van der Waals surface area contributed by atoms with E-state index >= 15 is 0 Å². The molecule has 2 heteroatoms. The molecule has 0 heterocycles. The molecular weight excluding hydrogens is 258 g/mol. The van der Waals surface area contributed by atoms with Gasteiger partial charge in [0.05, 0.1) is 6.61 Å². The number of hydrogen-bond donors (Lipinski definition) is 1. The molecule has 0 saturated heterocycles. The van der Waals surface area contributed by atoms with Crippen molar-refractivity contribution in [1.29, 1.82) is 0 Å². The Morgan fingerprint density at radius 1 is 0.905 bits per heavy atom. The molecule has 0 radical (unpaired) electrons. The van der Waals surface area contributed by atoms with Crippen molar-refractivity contribution >= 4 is 0 Å². The van der Waals surface area contributed by atoms with Crippen molar-refractivity contribution in [2.24, 2.45) is 5.73 Å². The third kappa shape index (κ3) is 6.01. The Kier molecular flexibility index (Phi) is 6.29. The first-order chi connectivity index (χ1) is 10.2. The smallest absolute Gasteiger partial charge is 0.119 e. The summed E-state index contributed by atoms with van der Waals surface area (Å²) < 4.78 is 5.78. The van der Waals surface area contributed by atoms with Crippen LogP contribution < -0.4 is 10.5 Å². The minimum atomic E-state index is 0.263. The van der Waals surface area contributed by atoms with Crippen LogP contribution in [0.2, 0.25) is 0 Å². The molecule has 0 aromatic heterocycles. The molecule has 2 aromatic rings. The Bertz CT molecular complexity index is 505. The second kappa shape index (κ2) is 8.48. The predicted octanol–water partition coefficient (Wildman–Crippen LogP) is 3.98. The van der Waals surface area contributed by atoms with Crippen LogP contribution in [0, 0.1) is 0 Å². The van der Waals surface area contributed by atoms with E-state index in [2.05, 4.69) is 48.5 Å². The van der Waals surface area contributed by atoms with Gasteiger partial charge in [-0.3, -0.25) is 0 Å². The molecule has 0 aliphatic rings. The fourth-order valence-corrected chi connectivity index (χ4v) is 2.26. The molecule has 0 aliphatic carbocycles. The number of benzene rings is 2. The first kappa shape index (κ1) is 15.6. The van der Waals surface area contributed by atoms with E-state index < -0.39 is 0 Å². The molecule has 21 heavy (non-hydrogen) atoms. The second-order valence-corrected chi connectivity index (χ2v) is 5.60. The average molecular weight is 283 g/mol. The minimum absolute atomic E-state index is 0.263. The van der Waals surface area contributed by atoms with Crippen molar-refractivity contribution in [3.05, 3.63) is 65.7 Å². The summed E-state index contributed by atoms with van der Waals surface area (Å²) in [6, 6.07) is 19.2. The van der Waals surface area contributed by atoms with Crippen LogP contribution in [0.15, 0.2) is 54.6 Å². The SMILES string of the molecule is CC(N)CCc1ccc(OCCCc2ccccc2)cc1. The van der Waals surface area contributed by atoms with Gasteiger partial charge < -0.3 is 10.5 Å². The summed E-state index contributed by atoms with van der Waals surface area (Å²) >= 11 is 0. The molecule has 0 amide bonds. The van der Waals surface area contributed by atoms with Gasteiger partial charge >= 0.3 is 0 Å². The van der Waals surface area contributed by atoms with E-state index in [9.17, 15) is 0 Å². The standard InChI is InChI=1S/C19H25NO/c1-16(20)9-10-18-11-13-19(14-12-18)21-15-5-8-17-6-3-2-4-7-17/h2-4,6-7,11-14,16H,5,8-10,15,20H2,1H3. The van der Waals surface area contributed by atoms with Gasteiger partial charge in [-0.15, -0.1) is 0 Å². The lowest BCUT2D eigenvalue weighted by atomic mass is 10.1. The topological polar surface area (TPSA) is 35.2 Å². The first-order valence-electron chi connectivity index (χ1n) is 7.75. The first-order valence-corrected chi connectivity index (χ1v) is 7.75. The molecule has 0 spiro atoms. The van der Waals surface area contributed by atoms with Gasteiger partial charge in [-0.1, -0.05) is 42.5 Å². The quantitative estimate of drug-likeness (QED) is 0.744. The summed E-state index contributed by atoms with van der Waals surface area (Å²) in [7, 11) is 0. The molecule has 0 bridgehead atoms. The molecule has 2 nitrogen and oxygen atoms in total. The number of nitrogens with two attached hydrogens (primary N) is 1. The Balaban J connectivity index is 1.69. The summed E-state index contributed by atoms with van der Waals surface area (Å²) in [5, 5.41) is 0. The Labute approximate surface area is 127 Å². The van der Waals surface area contributed by atoms with Crippen LogP contribution in [0.5, 0.6) is 5.75 Å². The lowest BCUT2D eigenvalue weighted by Crippen LogP contribution is -2.15. The molecule has 2 N–H and O–H groups in total. The maximum Gasteiger partial charge on any atom is 0.119 e. The van der Waals surface area contributed by atoms with Crippen molar-refractivity contribution in [1.82, 2.24) is 0 Å². The average Bonchev–Trinajstić information content (AvgIpc) is 2.52. The van der Waals surface area contributed by atoms with Crippen LogP contribution in [0.4, 0.5) is 0 Å². The van der Waals surface area contributed by atoms with Crippen molar-refractivity contribution < 1.29 is 4.74 Å². The predicted molar refractivity (Wildman–Crippen MR) is 88.7 cm³/mol. The number of rotatable bonds is 8. The zero-order chi connectivity index (χ0) is 14.9. The normalized spacial score (nSPS) is 12.1. The van der Waals surface area contributed by atoms with Crippen LogP contribution >= 0.6 is 0 Å². The van der Waals surface area contributed by atoms with E-state index in [1.807, 2.05) is 13.0 Å². The molecule has 1 unspecified atom stereocenters. The highest BCUT2D eigenvalue weighted by Gasteiger charge is 1.99. The zero-order valence-corrected chi connectivity index (χ0v) is 12.8. The van der Waals surface area contributed by atoms with Gasteiger partial charge in [0, 0.05) is 6.04 Å². The van der Waals surface area contributed by atoms with Crippen molar-refractivity contribution in [3.8, 4) is 5.75 Å². The Morgan fingerprint density at radius 2 is 1.57 bits per heavy atom. The van der Waals surface area contributed by atoms with Gasteiger partial charge in [-0.2, -0.15) is 0 Å². The van der Waals surface area contributed by atoms with E-state index in [0.717, 1.165) is 38.0 Å². The van der Waals surface area contributed by atoms with E-state index in [4.69, 9.17) is 10.5 Å². The molecule has 1 atom stereocenters. The largest absolute Gasteiger partial charge is 0.494 e. The molecule has 0 saturated carbocycles. The zero-order valence-electron chi connectivity index (χ0n) is 12.8. The lowest BCUT2D eigenvalue weighted by molar-refractivity contribution is 0.311. The summed E-state index contributed by atoms with van der Waals surface area (Å²) in [4.78, 5) is 0. The highest BCUT2D eigenvalue weighted by Crippen LogP contribution is 2.14. The van der Waals surface area contributed by atoms with Crippen LogP contribution in [0.25, 0.3) is 0 Å².